The molecule has 1 saturated heterocycles. The van der Waals surface area contributed by atoms with E-state index in [0.29, 0.717) is 6.10 Å². The van der Waals surface area contributed by atoms with Gasteiger partial charge in [-0.1, -0.05) is 19.1 Å². The van der Waals surface area contributed by atoms with Crippen LogP contribution >= 0.6 is 0 Å². The molecule has 18 heavy (non-hydrogen) atoms. The molecule has 0 aromatic heterocycles. The highest BCUT2D eigenvalue weighted by Crippen LogP contribution is 2.18. The van der Waals surface area contributed by atoms with Gasteiger partial charge in [0.1, 0.15) is 0 Å². The molecule has 3 nitrogen and oxygen atoms in total. The number of anilines is 1. The van der Waals surface area contributed by atoms with Gasteiger partial charge in [0.15, 0.2) is 0 Å². The Morgan fingerprint density at radius 1 is 1.33 bits per heavy atom. The lowest BCUT2D eigenvalue weighted by Crippen LogP contribution is -2.28. The zero-order chi connectivity index (χ0) is 12.8. The van der Waals surface area contributed by atoms with E-state index in [1.165, 1.54) is 24.1 Å². The van der Waals surface area contributed by atoms with Crippen LogP contribution in [0.4, 0.5) is 5.69 Å². The average Bonchev–Trinajstić information content (AvgIpc) is 2.89. The molecule has 1 aliphatic heterocycles. The Morgan fingerprint density at radius 3 is 2.72 bits per heavy atom. The van der Waals surface area contributed by atoms with Gasteiger partial charge in [0.25, 0.3) is 0 Å². The maximum absolute atomic E-state index is 5.67. The van der Waals surface area contributed by atoms with Gasteiger partial charge >= 0.3 is 0 Å². The topological polar surface area (TPSA) is 24.5 Å². The first-order valence-corrected chi connectivity index (χ1v) is 6.92. The smallest absolute Gasteiger partial charge is 0.0750 e. The summed E-state index contributed by atoms with van der Waals surface area (Å²) in [6.07, 6.45) is 2.82. The van der Waals surface area contributed by atoms with Crippen LogP contribution in [0, 0.1) is 0 Å². The molecular formula is C15H24N2O. The van der Waals surface area contributed by atoms with Gasteiger partial charge in [0.2, 0.25) is 0 Å². The number of hydrogen-bond acceptors (Lipinski definition) is 3. The monoisotopic (exact) mass is 248 g/mol. The Hall–Kier alpha value is -1.06. The fourth-order valence-corrected chi connectivity index (χ4v) is 2.34. The second kappa shape index (κ2) is 6.76. The van der Waals surface area contributed by atoms with E-state index in [4.69, 9.17) is 4.74 Å². The highest BCUT2D eigenvalue weighted by molar-refractivity contribution is 5.47. The summed E-state index contributed by atoms with van der Waals surface area (Å²) in [6.45, 7) is 6.02. The van der Waals surface area contributed by atoms with Gasteiger partial charge in [0, 0.05) is 32.4 Å². The largest absolute Gasteiger partial charge is 0.376 e. The molecule has 1 unspecified atom stereocenters. The Labute approximate surface area is 110 Å². The molecule has 2 rings (SSSR count). The van der Waals surface area contributed by atoms with E-state index < -0.39 is 0 Å². The zero-order valence-electron chi connectivity index (χ0n) is 11.5. The van der Waals surface area contributed by atoms with Crippen LogP contribution in [0.25, 0.3) is 0 Å². The summed E-state index contributed by atoms with van der Waals surface area (Å²) < 4.78 is 5.67. The number of nitrogens with one attached hydrogen (secondary N) is 1. The highest BCUT2D eigenvalue weighted by atomic mass is 16.5. The fourth-order valence-electron chi connectivity index (χ4n) is 2.34. The third kappa shape index (κ3) is 3.72. The highest BCUT2D eigenvalue weighted by Gasteiger charge is 2.17. The molecule has 1 aromatic carbocycles. The molecule has 1 atom stereocenters. The molecule has 0 amide bonds. The van der Waals surface area contributed by atoms with E-state index in [9.17, 15) is 0 Å². The van der Waals surface area contributed by atoms with Crippen molar-refractivity contribution in [2.45, 2.75) is 32.4 Å². The van der Waals surface area contributed by atoms with Crippen molar-refractivity contribution in [2.24, 2.45) is 0 Å². The van der Waals surface area contributed by atoms with Gasteiger partial charge < -0.3 is 15.0 Å². The summed E-state index contributed by atoms with van der Waals surface area (Å²) in [5.74, 6) is 0. The van der Waals surface area contributed by atoms with Gasteiger partial charge in [0.05, 0.1) is 6.10 Å². The molecule has 0 radical (unpaired) electrons. The number of ether oxygens (including phenoxy) is 1. The van der Waals surface area contributed by atoms with Gasteiger partial charge in [-0.2, -0.15) is 0 Å². The minimum atomic E-state index is 0.413. The third-order valence-electron chi connectivity index (χ3n) is 3.46. The normalized spacial score (nSPS) is 19.1. The Morgan fingerprint density at radius 2 is 2.11 bits per heavy atom. The predicted octanol–water partition coefficient (Wildman–Crippen LogP) is 2.41. The third-order valence-corrected chi connectivity index (χ3v) is 3.46. The molecule has 1 aliphatic rings. The average molecular weight is 248 g/mol. The van der Waals surface area contributed by atoms with Crippen LogP contribution in [-0.4, -0.2) is 32.8 Å². The molecular weight excluding hydrogens is 224 g/mol. The van der Waals surface area contributed by atoms with E-state index in [1.807, 2.05) is 0 Å². The van der Waals surface area contributed by atoms with Crippen LogP contribution in [-0.2, 0) is 11.3 Å². The lowest BCUT2D eigenvalue weighted by Gasteiger charge is -2.23. The molecule has 1 N–H and O–H groups in total. The summed E-state index contributed by atoms with van der Waals surface area (Å²) in [4.78, 5) is 2.28. The number of nitrogens with zero attached hydrogens (tertiary/aromatic N) is 1. The fraction of sp³-hybridized carbons (Fsp3) is 0.600. The first-order chi connectivity index (χ1) is 8.79. The molecule has 1 fully saturated rings. The lowest BCUT2D eigenvalue weighted by molar-refractivity contribution is 0.116. The predicted molar refractivity (Wildman–Crippen MR) is 76.1 cm³/mol. The molecule has 0 bridgehead atoms. The van der Waals surface area contributed by atoms with E-state index in [0.717, 1.165) is 26.2 Å². The summed E-state index contributed by atoms with van der Waals surface area (Å²) in [6, 6.07) is 8.79. The quantitative estimate of drug-likeness (QED) is 0.836. The summed E-state index contributed by atoms with van der Waals surface area (Å²) >= 11 is 0. The second-order valence-corrected chi connectivity index (χ2v) is 4.96. The van der Waals surface area contributed by atoms with Crippen molar-refractivity contribution in [3.63, 3.8) is 0 Å². The Balaban J connectivity index is 1.87. The van der Waals surface area contributed by atoms with Crippen LogP contribution < -0.4 is 10.2 Å². The minimum absolute atomic E-state index is 0.413. The lowest BCUT2D eigenvalue weighted by atomic mass is 10.1. The van der Waals surface area contributed by atoms with Crippen molar-refractivity contribution in [3.05, 3.63) is 29.8 Å². The minimum Gasteiger partial charge on any atom is -0.376 e. The molecule has 0 aliphatic carbocycles. The van der Waals surface area contributed by atoms with Crippen LogP contribution in [0.3, 0.4) is 0 Å². The summed E-state index contributed by atoms with van der Waals surface area (Å²) in [7, 11) is 2.14. The Bertz CT molecular complexity index is 344. The van der Waals surface area contributed by atoms with E-state index >= 15 is 0 Å². The van der Waals surface area contributed by atoms with Crippen LogP contribution in [0.15, 0.2) is 24.3 Å². The van der Waals surface area contributed by atoms with E-state index in [-0.39, 0.29) is 0 Å². The van der Waals surface area contributed by atoms with Crippen molar-refractivity contribution >= 4 is 5.69 Å². The van der Waals surface area contributed by atoms with Crippen LogP contribution in [0.5, 0.6) is 0 Å². The van der Waals surface area contributed by atoms with Gasteiger partial charge in [-0.05, 0) is 37.1 Å². The maximum Gasteiger partial charge on any atom is 0.0750 e. The first-order valence-electron chi connectivity index (χ1n) is 6.92. The van der Waals surface area contributed by atoms with Gasteiger partial charge in [-0.25, -0.2) is 0 Å². The molecule has 3 heteroatoms. The maximum atomic E-state index is 5.67. The number of benzene rings is 1. The van der Waals surface area contributed by atoms with Crippen molar-refractivity contribution in [1.82, 2.24) is 5.32 Å². The number of likely N-dealkylation sites (N-methyl/N-ethyl adjacent to an activating group) is 1. The molecule has 1 aromatic rings. The van der Waals surface area contributed by atoms with Crippen molar-refractivity contribution in [2.75, 3.05) is 31.6 Å². The van der Waals surface area contributed by atoms with Crippen molar-refractivity contribution in [3.8, 4) is 0 Å². The van der Waals surface area contributed by atoms with Crippen molar-refractivity contribution < 1.29 is 4.74 Å². The standard InChI is InChI=1S/C15H24N2O/c1-3-16-11-13-6-8-14(9-7-13)17(2)12-15-5-4-10-18-15/h6-9,15-16H,3-5,10-12H2,1-2H3. The van der Waals surface area contributed by atoms with Gasteiger partial charge in [-0.15, -0.1) is 0 Å². The number of rotatable bonds is 6. The van der Waals surface area contributed by atoms with Crippen molar-refractivity contribution in [1.29, 1.82) is 0 Å². The first kappa shape index (κ1) is 13.4. The molecule has 1 heterocycles. The summed E-state index contributed by atoms with van der Waals surface area (Å²) in [5, 5.41) is 3.34. The second-order valence-electron chi connectivity index (χ2n) is 4.96. The summed E-state index contributed by atoms with van der Waals surface area (Å²) in [5.41, 5.74) is 2.61. The SMILES string of the molecule is CCNCc1ccc(N(C)CC2CCCO2)cc1. The Kier molecular flexibility index (Phi) is 5.02. The molecule has 0 spiro atoms. The number of hydrogen-bond donors (Lipinski definition) is 1. The van der Waals surface area contributed by atoms with E-state index in [2.05, 4.69) is 48.5 Å². The molecule has 100 valence electrons. The molecule has 0 saturated carbocycles. The zero-order valence-corrected chi connectivity index (χ0v) is 11.5. The van der Waals surface area contributed by atoms with Crippen LogP contribution in [0.2, 0.25) is 0 Å². The van der Waals surface area contributed by atoms with E-state index in [1.54, 1.807) is 0 Å². The van der Waals surface area contributed by atoms with Crippen LogP contribution in [0.1, 0.15) is 25.3 Å². The van der Waals surface area contributed by atoms with Gasteiger partial charge in [-0.3, -0.25) is 0 Å².